The van der Waals surface area contributed by atoms with Crippen molar-refractivity contribution in [1.82, 2.24) is 5.32 Å². The zero-order valence-electron chi connectivity index (χ0n) is 12.6. The smallest absolute Gasteiger partial charge is 0.252 e. The molecule has 2 aromatic rings. The lowest BCUT2D eigenvalue weighted by molar-refractivity contribution is 0.0932. The number of hydrogen-bond donors (Lipinski definition) is 1. The molecule has 1 N–H and O–H groups in total. The number of carbonyl (C=O) groups is 1. The molecule has 2 nitrogen and oxygen atoms in total. The molecule has 0 bridgehead atoms. The van der Waals surface area contributed by atoms with Gasteiger partial charge in [0.05, 0.1) is 6.04 Å². The molecule has 0 aromatic heterocycles. The van der Waals surface area contributed by atoms with E-state index in [1.807, 2.05) is 32.0 Å². The summed E-state index contributed by atoms with van der Waals surface area (Å²) in [4.78, 5) is 12.6. The lowest BCUT2D eigenvalue weighted by Gasteiger charge is -2.26. The summed E-state index contributed by atoms with van der Waals surface area (Å²) in [6.07, 6.45) is 3.27. The Morgan fingerprint density at radius 3 is 2.76 bits per heavy atom. The Morgan fingerprint density at radius 1 is 1.10 bits per heavy atom. The van der Waals surface area contributed by atoms with Gasteiger partial charge in [-0.1, -0.05) is 36.4 Å². The number of rotatable bonds is 2. The molecule has 0 spiro atoms. The molecule has 108 valence electrons. The van der Waals surface area contributed by atoms with Crippen LogP contribution in [-0.2, 0) is 6.42 Å². The minimum absolute atomic E-state index is 0.0397. The van der Waals surface area contributed by atoms with Crippen LogP contribution in [0.25, 0.3) is 0 Å². The van der Waals surface area contributed by atoms with E-state index in [1.165, 1.54) is 11.1 Å². The quantitative estimate of drug-likeness (QED) is 0.880. The predicted molar refractivity (Wildman–Crippen MR) is 85.5 cm³/mol. The Bertz CT molecular complexity index is 675. The average molecular weight is 279 g/mol. The molecule has 0 heterocycles. The first-order valence-electron chi connectivity index (χ1n) is 7.61. The highest BCUT2D eigenvalue weighted by molar-refractivity contribution is 5.96. The first-order valence-corrected chi connectivity index (χ1v) is 7.61. The number of carbonyl (C=O) groups excluding carboxylic acids is 1. The third kappa shape index (κ3) is 2.71. The molecule has 3 rings (SSSR count). The number of benzene rings is 2. The van der Waals surface area contributed by atoms with Crippen LogP contribution in [0.5, 0.6) is 0 Å². The van der Waals surface area contributed by atoms with Gasteiger partial charge in [0.2, 0.25) is 0 Å². The summed E-state index contributed by atoms with van der Waals surface area (Å²) in [5, 5.41) is 3.22. The highest BCUT2D eigenvalue weighted by Crippen LogP contribution is 2.29. The van der Waals surface area contributed by atoms with Crippen LogP contribution in [0.15, 0.2) is 42.5 Å². The van der Waals surface area contributed by atoms with Gasteiger partial charge < -0.3 is 5.32 Å². The first-order chi connectivity index (χ1) is 10.2. The monoisotopic (exact) mass is 279 g/mol. The van der Waals surface area contributed by atoms with Crippen molar-refractivity contribution < 1.29 is 4.79 Å². The van der Waals surface area contributed by atoms with Crippen LogP contribution < -0.4 is 5.32 Å². The van der Waals surface area contributed by atoms with Gasteiger partial charge in [-0.05, 0) is 61.4 Å². The van der Waals surface area contributed by atoms with Gasteiger partial charge in [0, 0.05) is 5.56 Å². The van der Waals surface area contributed by atoms with Gasteiger partial charge in [-0.25, -0.2) is 0 Å². The Kier molecular flexibility index (Phi) is 3.78. The largest absolute Gasteiger partial charge is 0.345 e. The van der Waals surface area contributed by atoms with Crippen LogP contribution in [0.4, 0.5) is 0 Å². The van der Waals surface area contributed by atoms with Crippen molar-refractivity contribution >= 4 is 5.91 Å². The molecule has 1 aliphatic rings. The molecule has 2 heteroatoms. The Hall–Kier alpha value is -2.09. The highest BCUT2D eigenvalue weighted by Gasteiger charge is 2.22. The Balaban J connectivity index is 1.85. The third-order valence-electron chi connectivity index (χ3n) is 4.52. The second-order valence-corrected chi connectivity index (χ2v) is 5.86. The number of fused-ring (bicyclic) bond motifs is 1. The van der Waals surface area contributed by atoms with E-state index >= 15 is 0 Å². The SMILES string of the molecule is Cc1cccc(C(=O)N[C@@H]2CCCc3ccccc32)c1C. The van der Waals surface area contributed by atoms with Gasteiger partial charge in [-0.3, -0.25) is 4.79 Å². The fourth-order valence-corrected chi connectivity index (χ4v) is 3.14. The summed E-state index contributed by atoms with van der Waals surface area (Å²) in [7, 11) is 0. The summed E-state index contributed by atoms with van der Waals surface area (Å²) in [6, 6.07) is 14.5. The van der Waals surface area contributed by atoms with Gasteiger partial charge >= 0.3 is 0 Å². The van der Waals surface area contributed by atoms with Gasteiger partial charge in [0.15, 0.2) is 0 Å². The topological polar surface area (TPSA) is 29.1 Å². The molecule has 2 aromatic carbocycles. The molecule has 0 unspecified atom stereocenters. The maximum absolute atomic E-state index is 12.6. The van der Waals surface area contributed by atoms with Crippen molar-refractivity contribution in [2.24, 2.45) is 0 Å². The van der Waals surface area contributed by atoms with Crippen molar-refractivity contribution in [1.29, 1.82) is 0 Å². The Labute approximate surface area is 126 Å². The summed E-state index contributed by atoms with van der Waals surface area (Å²) >= 11 is 0. The second kappa shape index (κ2) is 5.72. The molecule has 1 amide bonds. The second-order valence-electron chi connectivity index (χ2n) is 5.86. The van der Waals surface area contributed by atoms with Crippen molar-refractivity contribution in [3.63, 3.8) is 0 Å². The summed E-state index contributed by atoms with van der Waals surface area (Å²) in [6.45, 7) is 4.06. The van der Waals surface area contributed by atoms with E-state index in [9.17, 15) is 4.79 Å². The number of nitrogens with one attached hydrogen (secondary N) is 1. The molecular formula is C19H21NO. The number of amides is 1. The van der Waals surface area contributed by atoms with Crippen molar-refractivity contribution in [2.75, 3.05) is 0 Å². The van der Waals surface area contributed by atoms with Gasteiger partial charge in [-0.15, -0.1) is 0 Å². The van der Waals surface area contributed by atoms with Crippen LogP contribution >= 0.6 is 0 Å². The molecule has 0 saturated carbocycles. The van der Waals surface area contributed by atoms with Gasteiger partial charge in [-0.2, -0.15) is 0 Å². The summed E-state index contributed by atoms with van der Waals surface area (Å²) in [5.74, 6) is 0.0397. The normalized spacial score (nSPS) is 17.1. The minimum Gasteiger partial charge on any atom is -0.345 e. The van der Waals surface area contributed by atoms with Crippen molar-refractivity contribution in [2.45, 2.75) is 39.2 Å². The van der Waals surface area contributed by atoms with E-state index in [-0.39, 0.29) is 11.9 Å². The molecule has 1 aliphatic carbocycles. The molecule has 0 radical (unpaired) electrons. The fraction of sp³-hybridized carbons (Fsp3) is 0.316. The maximum atomic E-state index is 12.6. The van der Waals surface area contributed by atoms with Crippen molar-refractivity contribution in [3.8, 4) is 0 Å². The zero-order chi connectivity index (χ0) is 14.8. The predicted octanol–water partition coefficient (Wildman–Crippen LogP) is 4.11. The zero-order valence-corrected chi connectivity index (χ0v) is 12.6. The Morgan fingerprint density at radius 2 is 1.90 bits per heavy atom. The molecular weight excluding hydrogens is 258 g/mol. The number of hydrogen-bond acceptors (Lipinski definition) is 1. The van der Waals surface area contributed by atoms with E-state index in [2.05, 4.69) is 29.6 Å². The van der Waals surface area contributed by atoms with Crippen LogP contribution in [0, 0.1) is 13.8 Å². The van der Waals surface area contributed by atoms with Gasteiger partial charge in [0.1, 0.15) is 0 Å². The highest BCUT2D eigenvalue weighted by atomic mass is 16.1. The van der Waals surface area contributed by atoms with E-state index in [4.69, 9.17) is 0 Å². The molecule has 1 atom stereocenters. The first kappa shape index (κ1) is 13.9. The van der Waals surface area contributed by atoms with E-state index in [0.717, 1.165) is 36.0 Å². The van der Waals surface area contributed by atoms with Crippen LogP contribution in [0.2, 0.25) is 0 Å². The van der Waals surface area contributed by atoms with Gasteiger partial charge in [0.25, 0.3) is 5.91 Å². The minimum atomic E-state index is 0.0397. The van der Waals surface area contributed by atoms with Crippen LogP contribution in [-0.4, -0.2) is 5.91 Å². The number of aryl methyl sites for hydroxylation is 2. The van der Waals surface area contributed by atoms with Crippen molar-refractivity contribution in [3.05, 3.63) is 70.3 Å². The lowest BCUT2D eigenvalue weighted by atomic mass is 9.87. The molecule has 21 heavy (non-hydrogen) atoms. The van der Waals surface area contributed by atoms with Crippen LogP contribution in [0.1, 0.15) is 51.5 Å². The van der Waals surface area contributed by atoms with E-state index in [0.29, 0.717) is 0 Å². The molecule has 0 aliphatic heterocycles. The summed E-state index contributed by atoms with van der Waals surface area (Å²) < 4.78 is 0. The molecule has 0 saturated heterocycles. The van der Waals surface area contributed by atoms with Crippen LogP contribution in [0.3, 0.4) is 0 Å². The molecule has 0 fully saturated rings. The average Bonchev–Trinajstić information content (AvgIpc) is 2.50. The van der Waals surface area contributed by atoms with E-state index in [1.54, 1.807) is 0 Å². The maximum Gasteiger partial charge on any atom is 0.252 e. The lowest BCUT2D eigenvalue weighted by Crippen LogP contribution is -2.31. The van der Waals surface area contributed by atoms with E-state index < -0.39 is 0 Å². The standard InChI is InChI=1S/C19H21NO/c1-13-7-5-11-16(14(13)2)19(21)20-18-12-6-9-15-8-3-4-10-17(15)18/h3-5,7-8,10-11,18H,6,9,12H2,1-2H3,(H,20,21)/t18-/m1/s1. The third-order valence-corrected chi connectivity index (χ3v) is 4.52. The fourth-order valence-electron chi connectivity index (χ4n) is 3.14. The summed E-state index contributed by atoms with van der Waals surface area (Å²) in [5.41, 5.74) is 5.67.